The summed E-state index contributed by atoms with van der Waals surface area (Å²) < 4.78 is 10.5. The number of ether oxygens (including phenoxy) is 2. The van der Waals surface area contributed by atoms with Crippen LogP contribution < -0.4 is 5.32 Å². The van der Waals surface area contributed by atoms with E-state index < -0.39 is 0 Å². The Morgan fingerprint density at radius 1 is 0.917 bits per heavy atom. The van der Waals surface area contributed by atoms with Gasteiger partial charge in [-0.2, -0.15) is 0 Å². The van der Waals surface area contributed by atoms with E-state index in [0.29, 0.717) is 24.2 Å². The zero-order chi connectivity index (χ0) is 17.2. The highest BCUT2D eigenvalue weighted by molar-refractivity contribution is 5.89. The summed E-state index contributed by atoms with van der Waals surface area (Å²) >= 11 is 0. The van der Waals surface area contributed by atoms with Crippen molar-refractivity contribution in [2.75, 3.05) is 19.7 Å². The molecule has 2 rings (SSSR count). The Morgan fingerprint density at radius 3 is 2.04 bits per heavy atom. The number of benzene rings is 2. The summed E-state index contributed by atoms with van der Waals surface area (Å²) in [6, 6.07) is 17.7. The van der Waals surface area contributed by atoms with E-state index in [2.05, 4.69) is 5.32 Å². The topological polar surface area (TPSA) is 64.6 Å². The van der Waals surface area contributed by atoms with Crippen LogP contribution in [-0.2, 0) is 9.47 Å². The van der Waals surface area contributed by atoms with Crippen LogP contribution in [0.1, 0.15) is 27.6 Å². The van der Waals surface area contributed by atoms with Crippen molar-refractivity contribution in [2.24, 2.45) is 0 Å². The van der Waals surface area contributed by atoms with Crippen molar-refractivity contribution in [2.45, 2.75) is 13.0 Å². The maximum atomic E-state index is 11.9. The highest BCUT2D eigenvalue weighted by atomic mass is 16.5. The largest absolute Gasteiger partial charge is 0.461 e. The highest BCUT2D eigenvalue weighted by Crippen LogP contribution is 2.03. The van der Waals surface area contributed by atoms with Crippen molar-refractivity contribution in [1.29, 1.82) is 0 Å². The number of rotatable bonds is 8. The van der Waals surface area contributed by atoms with Crippen LogP contribution in [0.2, 0.25) is 0 Å². The van der Waals surface area contributed by atoms with Gasteiger partial charge in [-0.15, -0.1) is 0 Å². The van der Waals surface area contributed by atoms with E-state index >= 15 is 0 Å². The molecule has 0 bridgehead atoms. The second-order valence-electron chi connectivity index (χ2n) is 5.29. The van der Waals surface area contributed by atoms with Gasteiger partial charge in [0, 0.05) is 13.1 Å². The van der Waals surface area contributed by atoms with Crippen LogP contribution in [0.4, 0.5) is 0 Å². The normalized spacial score (nSPS) is 11.5. The third kappa shape index (κ3) is 5.85. The number of hydrogen-bond donors (Lipinski definition) is 1. The molecule has 0 saturated carbocycles. The molecule has 2 aromatic rings. The number of nitrogens with one attached hydrogen (secondary N) is 1. The van der Waals surface area contributed by atoms with E-state index in [1.165, 1.54) is 0 Å². The minimum atomic E-state index is -0.347. The summed E-state index contributed by atoms with van der Waals surface area (Å²) in [5, 5.41) is 3.09. The van der Waals surface area contributed by atoms with Gasteiger partial charge >= 0.3 is 11.9 Å². The molecule has 0 aliphatic heterocycles. The smallest absolute Gasteiger partial charge is 0.338 e. The average Bonchev–Trinajstić information content (AvgIpc) is 2.62. The number of esters is 2. The summed E-state index contributed by atoms with van der Waals surface area (Å²) in [6.45, 7) is 3.05. The Balaban J connectivity index is 1.60. The van der Waals surface area contributed by atoms with Crippen molar-refractivity contribution in [3.63, 3.8) is 0 Å². The molecule has 2 aromatic carbocycles. The van der Waals surface area contributed by atoms with Gasteiger partial charge < -0.3 is 14.8 Å². The zero-order valence-corrected chi connectivity index (χ0v) is 13.6. The van der Waals surface area contributed by atoms with Crippen LogP contribution in [-0.4, -0.2) is 37.7 Å². The zero-order valence-electron chi connectivity index (χ0n) is 13.6. The van der Waals surface area contributed by atoms with Crippen LogP contribution in [0.25, 0.3) is 0 Å². The van der Waals surface area contributed by atoms with E-state index in [9.17, 15) is 9.59 Å². The van der Waals surface area contributed by atoms with Gasteiger partial charge in [-0.05, 0) is 31.2 Å². The van der Waals surface area contributed by atoms with E-state index in [4.69, 9.17) is 9.47 Å². The van der Waals surface area contributed by atoms with Crippen molar-refractivity contribution in [3.05, 3.63) is 71.8 Å². The first-order valence-electron chi connectivity index (χ1n) is 7.85. The van der Waals surface area contributed by atoms with Crippen molar-refractivity contribution < 1.29 is 19.1 Å². The lowest BCUT2D eigenvalue weighted by Crippen LogP contribution is -2.31. The minimum absolute atomic E-state index is 0.257. The molecule has 1 N–H and O–H groups in total. The molecule has 126 valence electrons. The highest BCUT2D eigenvalue weighted by Gasteiger charge is 2.11. The molecule has 0 radical (unpaired) electrons. The molecular formula is C19H21NO4. The van der Waals surface area contributed by atoms with Crippen molar-refractivity contribution in [3.8, 4) is 0 Å². The molecule has 0 aliphatic rings. The molecule has 5 nitrogen and oxygen atoms in total. The van der Waals surface area contributed by atoms with Gasteiger partial charge in [-0.3, -0.25) is 0 Å². The Kier molecular flexibility index (Phi) is 6.98. The standard InChI is InChI=1S/C19H21NO4/c1-15(24-19(22)17-10-6-3-7-11-17)14-20-12-13-23-18(21)16-8-4-2-5-9-16/h2-11,15,20H,12-14H2,1H3. The fourth-order valence-electron chi connectivity index (χ4n) is 2.05. The summed E-state index contributed by atoms with van der Waals surface area (Å²) in [5.74, 6) is -0.693. The first-order valence-corrected chi connectivity index (χ1v) is 7.85. The Labute approximate surface area is 141 Å². The second kappa shape index (κ2) is 9.47. The summed E-state index contributed by atoms with van der Waals surface area (Å²) in [7, 11) is 0. The molecule has 0 aliphatic carbocycles. The SMILES string of the molecule is CC(CNCCOC(=O)c1ccccc1)OC(=O)c1ccccc1. The molecule has 0 spiro atoms. The van der Waals surface area contributed by atoms with Gasteiger partial charge in [-0.1, -0.05) is 36.4 Å². The van der Waals surface area contributed by atoms with Crippen molar-refractivity contribution in [1.82, 2.24) is 5.32 Å². The van der Waals surface area contributed by atoms with Crippen LogP contribution in [0.15, 0.2) is 60.7 Å². The molecule has 1 atom stereocenters. The Hall–Kier alpha value is -2.66. The fraction of sp³-hybridized carbons (Fsp3) is 0.263. The molecule has 0 amide bonds. The lowest BCUT2D eigenvalue weighted by molar-refractivity contribution is 0.0337. The fourth-order valence-corrected chi connectivity index (χ4v) is 2.05. The molecular weight excluding hydrogens is 306 g/mol. The molecule has 0 aromatic heterocycles. The number of hydrogen-bond acceptors (Lipinski definition) is 5. The van der Waals surface area contributed by atoms with Crippen molar-refractivity contribution >= 4 is 11.9 Å². The van der Waals surface area contributed by atoms with E-state index in [-0.39, 0.29) is 24.6 Å². The first-order chi connectivity index (χ1) is 11.7. The number of carbonyl (C=O) groups is 2. The first kappa shape index (κ1) is 17.7. The molecule has 0 heterocycles. The van der Waals surface area contributed by atoms with Crippen LogP contribution in [0, 0.1) is 0 Å². The molecule has 5 heteroatoms. The predicted octanol–water partition coefficient (Wildman–Crippen LogP) is 2.68. The maximum absolute atomic E-state index is 11.9. The second-order valence-corrected chi connectivity index (χ2v) is 5.29. The Bertz CT molecular complexity index is 643. The Morgan fingerprint density at radius 2 is 1.46 bits per heavy atom. The third-order valence-corrected chi connectivity index (χ3v) is 3.27. The van der Waals surface area contributed by atoms with Crippen LogP contribution in [0.3, 0.4) is 0 Å². The van der Waals surface area contributed by atoms with Gasteiger partial charge in [-0.25, -0.2) is 9.59 Å². The van der Waals surface area contributed by atoms with Crippen LogP contribution >= 0.6 is 0 Å². The molecule has 0 saturated heterocycles. The molecule has 0 fully saturated rings. The van der Waals surface area contributed by atoms with E-state index in [1.54, 1.807) is 48.5 Å². The lowest BCUT2D eigenvalue weighted by Gasteiger charge is -2.14. The van der Waals surface area contributed by atoms with E-state index in [1.807, 2.05) is 19.1 Å². The van der Waals surface area contributed by atoms with Crippen LogP contribution in [0.5, 0.6) is 0 Å². The van der Waals surface area contributed by atoms with Gasteiger partial charge in [0.05, 0.1) is 11.1 Å². The monoisotopic (exact) mass is 327 g/mol. The minimum Gasteiger partial charge on any atom is -0.461 e. The van der Waals surface area contributed by atoms with Gasteiger partial charge in [0.2, 0.25) is 0 Å². The van der Waals surface area contributed by atoms with Gasteiger partial charge in [0.15, 0.2) is 0 Å². The van der Waals surface area contributed by atoms with Gasteiger partial charge in [0.1, 0.15) is 12.7 Å². The predicted molar refractivity (Wildman–Crippen MR) is 90.9 cm³/mol. The maximum Gasteiger partial charge on any atom is 0.338 e. The number of carbonyl (C=O) groups excluding carboxylic acids is 2. The summed E-state index contributed by atoms with van der Waals surface area (Å²) in [5.41, 5.74) is 1.06. The third-order valence-electron chi connectivity index (χ3n) is 3.27. The van der Waals surface area contributed by atoms with Gasteiger partial charge in [0.25, 0.3) is 0 Å². The van der Waals surface area contributed by atoms with E-state index in [0.717, 1.165) is 0 Å². The lowest BCUT2D eigenvalue weighted by atomic mass is 10.2. The summed E-state index contributed by atoms with van der Waals surface area (Å²) in [4.78, 5) is 23.6. The molecule has 1 unspecified atom stereocenters. The average molecular weight is 327 g/mol. The quantitative estimate of drug-likeness (QED) is 0.596. The molecule has 24 heavy (non-hydrogen) atoms. The summed E-state index contributed by atoms with van der Waals surface area (Å²) in [6.07, 6.45) is -0.275.